The molecule has 2 N–H and O–H groups in total. The molecule has 2 heterocycles. The number of sulfonamides is 1. The second-order valence-corrected chi connectivity index (χ2v) is 12.3. The van der Waals surface area contributed by atoms with Crippen LogP contribution >= 0.6 is 12.4 Å². The topological polar surface area (TPSA) is 109 Å². The van der Waals surface area contributed by atoms with Crippen LogP contribution in [0.1, 0.15) is 31.2 Å². The van der Waals surface area contributed by atoms with Crippen molar-refractivity contribution in [1.29, 1.82) is 0 Å². The number of rotatable bonds is 10. The molecule has 9 nitrogen and oxygen atoms in total. The van der Waals surface area contributed by atoms with Gasteiger partial charge in [-0.05, 0) is 63.5 Å². The maximum absolute atomic E-state index is 15.1. The second kappa shape index (κ2) is 14.2. The summed E-state index contributed by atoms with van der Waals surface area (Å²) in [6.45, 7) is 0. The van der Waals surface area contributed by atoms with Gasteiger partial charge in [-0.25, -0.2) is 32.2 Å². The smallest absolute Gasteiger partial charge is 0.237 e. The lowest BCUT2D eigenvalue weighted by atomic mass is 9.91. The Balaban J connectivity index is 0.00000442. The van der Waals surface area contributed by atoms with E-state index in [1.807, 2.05) is 0 Å². The highest BCUT2D eigenvalue weighted by atomic mass is 35.5. The van der Waals surface area contributed by atoms with Crippen LogP contribution in [0.4, 0.5) is 24.8 Å². The zero-order valence-corrected chi connectivity index (χ0v) is 25.6. The molecule has 2 aromatic heterocycles. The molecule has 1 aliphatic carbocycles. The Morgan fingerprint density at radius 1 is 0.932 bits per heavy atom. The number of nitrogens with zero attached hydrogens (tertiary/aromatic N) is 4. The van der Waals surface area contributed by atoms with Gasteiger partial charge in [0.15, 0.2) is 17.4 Å². The fourth-order valence-corrected chi connectivity index (χ4v) is 6.20. The molecule has 0 saturated heterocycles. The van der Waals surface area contributed by atoms with Crippen LogP contribution in [0.2, 0.25) is 0 Å². The molecule has 0 atom stereocenters. The highest BCUT2D eigenvalue weighted by molar-refractivity contribution is 7.91. The highest BCUT2D eigenvalue weighted by Gasteiger charge is 2.26. The van der Waals surface area contributed by atoms with E-state index < -0.39 is 44.7 Å². The number of pyridine rings is 1. The number of aromatic nitrogens is 3. The SMILES string of the molecule is CN(C)C1CCC(Nc2nccc(-c3cccnc3Oc3cc(F)c(NS(=O)(=O)Cc4ccccc4)c(F)c3F)n2)CC1.Cl. The molecule has 1 saturated carbocycles. The number of nitrogens with one attached hydrogen (secondary N) is 2. The predicted octanol–water partition coefficient (Wildman–Crippen LogP) is 6.40. The van der Waals surface area contributed by atoms with Gasteiger partial charge >= 0.3 is 0 Å². The first-order valence-electron chi connectivity index (χ1n) is 13.7. The number of hydrogen-bond donors (Lipinski definition) is 2. The summed E-state index contributed by atoms with van der Waals surface area (Å²) in [6.07, 6.45) is 6.97. The summed E-state index contributed by atoms with van der Waals surface area (Å²) in [5, 5.41) is 3.37. The Morgan fingerprint density at radius 2 is 1.66 bits per heavy atom. The van der Waals surface area contributed by atoms with Crippen molar-refractivity contribution in [2.24, 2.45) is 0 Å². The molecule has 2 aromatic carbocycles. The number of anilines is 2. The molecular formula is C30H32ClF3N6O3S. The molecule has 1 fully saturated rings. The second-order valence-electron chi connectivity index (χ2n) is 10.5. The van der Waals surface area contributed by atoms with Gasteiger partial charge in [-0.15, -0.1) is 12.4 Å². The minimum Gasteiger partial charge on any atom is -0.435 e. The van der Waals surface area contributed by atoms with Gasteiger partial charge in [0.2, 0.25) is 27.7 Å². The third-order valence-corrected chi connectivity index (χ3v) is 8.48. The molecule has 0 spiro atoms. The Bertz CT molecular complexity index is 1690. The summed E-state index contributed by atoms with van der Waals surface area (Å²) < 4.78 is 77.4. The van der Waals surface area contributed by atoms with Gasteiger partial charge in [-0.3, -0.25) is 4.72 Å². The first kappa shape index (κ1) is 33.0. The largest absolute Gasteiger partial charge is 0.435 e. The van der Waals surface area contributed by atoms with Gasteiger partial charge in [-0.2, -0.15) is 4.39 Å². The fourth-order valence-electron chi connectivity index (χ4n) is 5.00. The van der Waals surface area contributed by atoms with Gasteiger partial charge in [0.05, 0.1) is 17.0 Å². The number of benzene rings is 2. The first-order chi connectivity index (χ1) is 20.6. The van der Waals surface area contributed by atoms with Gasteiger partial charge in [-0.1, -0.05) is 30.3 Å². The highest BCUT2D eigenvalue weighted by Crippen LogP contribution is 2.36. The van der Waals surface area contributed by atoms with E-state index in [-0.39, 0.29) is 24.3 Å². The Labute approximate surface area is 260 Å². The molecule has 234 valence electrons. The number of hydrogen-bond acceptors (Lipinski definition) is 8. The van der Waals surface area contributed by atoms with E-state index in [0.29, 0.717) is 34.9 Å². The number of ether oxygens (including phenoxy) is 1. The number of halogens is 4. The van der Waals surface area contributed by atoms with E-state index in [9.17, 15) is 17.2 Å². The van der Waals surface area contributed by atoms with E-state index in [4.69, 9.17) is 4.74 Å². The molecule has 14 heteroatoms. The molecule has 0 radical (unpaired) electrons. The summed E-state index contributed by atoms with van der Waals surface area (Å²) in [4.78, 5) is 15.2. The van der Waals surface area contributed by atoms with Crippen LogP contribution in [-0.4, -0.2) is 54.4 Å². The van der Waals surface area contributed by atoms with Crippen LogP contribution < -0.4 is 14.8 Å². The lowest BCUT2D eigenvalue weighted by Gasteiger charge is -2.32. The van der Waals surface area contributed by atoms with Crippen molar-refractivity contribution in [2.75, 3.05) is 24.1 Å². The Hall–Kier alpha value is -3.94. The average Bonchev–Trinajstić information content (AvgIpc) is 2.99. The van der Waals surface area contributed by atoms with E-state index in [2.05, 4.69) is 39.3 Å². The average molecular weight is 649 g/mol. The van der Waals surface area contributed by atoms with Gasteiger partial charge in [0.25, 0.3) is 0 Å². The lowest BCUT2D eigenvalue weighted by molar-refractivity contribution is 0.221. The fraction of sp³-hybridized carbons (Fsp3) is 0.300. The Morgan fingerprint density at radius 3 is 2.36 bits per heavy atom. The van der Waals surface area contributed by atoms with Crippen molar-refractivity contribution in [1.82, 2.24) is 19.9 Å². The molecular weight excluding hydrogens is 617 g/mol. The monoisotopic (exact) mass is 648 g/mol. The van der Waals surface area contributed by atoms with Crippen LogP contribution in [0, 0.1) is 17.5 Å². The maximum atomic E-state index is 15.1. The van der Waals surface area contributed by atoms with Crippen molar-refractivity contribution < 1.29 is 26.3 Å². The van der Waals surface area contributed by atoms with E-state index in [1.165, 1.54) is 6.20 Å². The van der Waals surface area contributed by atoms with Gasteiger partial charge in [0.1, 0.15) is 5.69 Å². The lowest BCUT2D eigenvalue weighted by Crippen LogP contribution is -2.36. The minimum atomic E-state index is -4.26. The first-order valence-corrected chi connectivity index (χ1v) is 15.4. The summed E-state index contributed by atoms with van der Waals surface area (Å²) >= 11 is 0. The van der Waals surface area contributed by atoms with Crippen molar-refractivity contribution in [2.45, 2.75) is 43.5 Å². The molecule has 4 aromatic rings. The van der Waals surface area contributed by atoms with Crippen LogP contribution in [0.15, 0.2) is 67.0 Å². The quantitative estimate of drug-likeness (QED) is 0.190. The third kappa shape index (κ3) is 7.96. The van der Waals surface area contributed by atoms with Crippen LogP contribution in [0.5, 0.6) is 11.6 Å². The maximum Gasteiger partial charge on any atom is 0.237 e. The molecule has 0 bridgehead atoms. The zero-order chi connectivity index (χ0) is 30.6. The molecule has 0 unspecified atom stereocenters. The summed E-state index contributed by atoms with van der Waals surface area (Å²) in [5.74, 6) is -5.83. The zero-order valence-electron chi connectivity index (χ0n) is 24.0. The van der Waals surface area contributed by atoms with Crippen LogP contribution in [-0.2, 0) is 15.8 Å². The molecule has 0 aliphatic heterocycles. The normalized spacial score (nSPS) is 16.7. The summed E-state index contributed by atoms with van der Waals surface area (Å²) in [6, 6.07) is 14.2. The standard InChI is InChI=1S/C30H31F3N6O3S.ClH/c1-39(2)21-12-10-20(11-13-21)36-30-35-16-14-24(37-30)22-9-6-15-34-29(22)42-25-17-23(31)28(27(33)26(25)32)38-43(40,41)18-19-7-4-3-5-8-19;/h3-9,14-17,20-21,38H,10-13,18H2,1-2H3,(H,35,36,37);1H. The van der Waals surface area contributed by atoms with Crippen molar-refractivity contribution in [3.8, 4) is 22.9 Å². The van der Waals surface area contributed by atoms with Crippen molar-refractivity contribution in [3.05, 3.63) is 90.0 Å². The van der Waals surface area contributed by atoms with Crippen LogP contribution in [0.3, 0.4) is 0 Å². The molecule has 1 aliphatic rings. The van der Waals surface area contributed by atoms with Crippen molar-refractivity contribution in [3.63, 3.8) is 0 Å². The van der Waals surface area contributed by atoms with Gasteiger partial charge < -0.3 is 15.0 Å². The molecule has 0 amide bonds. The minimum absolute atomic E-state index is 0. The van der Waals surface area contributed by atoms with Crippen molar-refractivity contribution >= 4 is 34.1 Å². The summed E-state index contributed by atoms with van der Waals surface area (Å²) in [5.41, 5.74) is -0.0294. The van der Waals surface area contributed by atoms with E-state index >= 15 is 4.39 Å². The summed E-state index contributed by atoms with van der Waals surface area (Å²) in [7, 11) is -0.0987. The van der Waals surface area contributed by atoms with Gasteiger partial charge in [0, 0.05) is 30.5 Å². The van der Waals surface area contributed by atoms with Crippen LogP contribution in [0.25, 0.3) is 11.3 Å². The third-order valence-electron chi connectivity index (χ3n) is 7.25. The molecule has 44 heavy (non-hydrogen) atoms. The molecule has 5 rings (SSSR count). The van der Waals surface area contributed by atoms with E-state index in [0.717, 1.165) is 25.7 Å². The Kier molecular flexibility index (Phi) is 10.7. The predicted molar refractivity (Wildman–Crippen MR) is 165 cm³/mol. The van der Waals surface area contributed by atoms with E-state index in [1.54, 1.807) is 59.4 Å².